The quantitative estimate of drug-likeness (QED) is 0.559. The second-order valence-electron chi connectivity index (χ2n) is 5.30. The number of aromatic nitrogens is 2. The Labute approximate surface area is 148 Å². The van der Waals surface area contributed by atoms with E-state index in [0.29, 0.717) is 17.3 Å². The average molecular weight is 350 g/mol. The largest absolute Gasteiger partial charge is 0.480 e. The fourth-order valence-corrected chi connectivity index (χ4v) is 2.30. The van der Waals surface area contributed by atoms with E-state index in [-0.39, 0.29) is 11.3 Å². The number of non-ortho nitro benzene ring substituents is 1. The first-order valence-electron chi connectivity index (χ1n) is 7.61. The Hall–Kier alpha value is -3.81. The van der Waals surface area contributed by atoms with Crippen LogP contribution in [0.4, 0.5) is 11.4 Å². The third kappa shape index (κ3) is 3.81. The number of carbonyl (C=O) groups excluding carboxylic acids is 1. The van der Waals surface area contributed by atoms with Gasteiger partial charge in [0.05, 0.1) is 17.7 Å². The lowest BCUT2D eigenvalue weighted by Crippen LogP contribution is -2.12. The molecule has 0 saturated heterocycles. The second-order valence-corrected chi connectivity index (χ2v) is 5.30. The van der Waals surface area contributed by atoms with Gasteiger partial charge in [-0.05, 0) is 24.3 Å². The van der Waals surface area contributed by atoms with E-state index in [2.05, 4.69) is 15.5 Å². The lowest BCUT2D eigenvalue weighted by molar-refractivity contribution is -0.384. The zero-order valence-corrected chi connectivity index (χ0v) is 13.7. The molecule has 0 atom stereocenters. The average Bonchev–Trinajstić information content (AvgIpc) is 2.68. The molecule has 3 aromatic rings. The summed E-state index contributed by atoms with van der Waals surface area (Å²) in [5.74, 6) is -0.0319. The Kier molecular flexibility index (Phi) is 4.84. The molecule has 3 rings (SSSR count). The Morgan fingerprint density at radius 3 is 2.58 bits per heavy atom. The summed E-state index contributed by atoms with van der Waals surface area (Å²) in [5, 5.41) is 21.5. The Morgan fingerprint density at radius 1 is 1.08 bits per heavy atom. The SMILES string of the molecule is COc1ccc(-c2cccc(NC(=O)c3cccc([N+](=O)[O-])c3)c2)nn1. The highest BCUT2D eigenvalue weighted by molar-refractivity contribution is 6.04. The van der Waals surface area contributed by atoms with Crippen LogP contribution in [0.1, 0.15) is 10.4 Å². The van der Waals surface area contributed by atoms with Crippen LogP contribution in [-0.4, -0.2) is 28.1 Å². The molecule has 1 heterocycles. The fourth-order valence-electron chi connectivity index (χ4n) is 2.30. The van der Waals surface area contributed by atoms with Crippen LogP contribution in [0.2, 0.25) is 0 Å². The molecule has 0 bridgehead atoms. The molecule has 0 aliphatic rings. The minimum absolute atomic E-state index is 0.139. The molecule has 2 aromatic carbocycles. The minimum Gasteiger partial charge on any atom is -0.480 e. The number of nitrogens with zero attached hydrogens (tertiary/aromatic N) is 3. The van der Waals surface area contributed by atoms with Crippen molar-refractivity contribution >= 4 is 17.3 Å². The number of carbonyl (C=O) groups is 1. The van der Waals surface area contributed by atoms with Crippen LogP contribution >= 0.6 is 0 Å². The molecule has 130 valence electrons. The number of nitro benzene ring substituents is 1. The summed E-state index contributed by atoms with van der Waals surface area (Å²) in [5.41, 5.74) is 1.99. The standard InChI is InChI=1S/C18H14N4O4/c1-26-17-9-8-16(20-21-17)12-4-2-6-14(10-12)19-18(23)13-5-3-7-15(11-13)22(24)25/h2-11H,1H3,(H,19,23). The van der Waals surface area contributed by atoms with Gasteiger partial charge in [0.2, 0.25) is 5.88 Å². The van der Waals surface area contributed by atoms with Gasteiger partial charge in [-0.3, -0.25) is 14.9 Å². The van der Waals surface area contributed by atoms with E-state index in [0.717, 1.165) is 5.56 Å². The number of nitro groups is 1. The van der Waals surface area contributed by atoms with Crippen molar-refractivity contribution in [1.29, 1.82) is 0 Å². The van der Waals surface area contributed by atoms with Crippen molar-refractivity contribution in [2.75, 3.05) is 12.4 Å². The summed E-state index contributed by atoms with van der Waals surface area (Å²) in [6.07, 6.45) is 0. The van der Waals surface area contributed by atoms with E-state index >= 15 is 0 Å². The summed E-state index contributed by atoms with van der Waals surface area (Å²) in [6, 6.07) is 16.1. The zero-order chi connectivity index (χ0) is 18.5. The Morgan fingerprint density at radius 2 is 1.88 bits per heavy atom. The van der Waals surface area contributed by atoms with Crippen molar-refractivity contribution < 1.29 is 14.5 Å². The number of rotatable bonds is 5. The number of nitrogens with one attached hydrogen (secondary N) is 1. The summed E-state index contributed by atoms with van der Waals surface area (Å²) in [6.45, 7) is 0. The molecule has 26 heavy (non-hydrogen) atoms. The molecule has 8 heteroatoms. The Bertz CT molecular complexity index is 957. The highest BCUT2D eigenvalue weighted by atomic mass is 16.6. The van der Waals surface area contributed by atoms with Crippen LogP contribution in [0, 0.1) is 10.1 Å². The predicted octanol–water partition coefficient (Wildman–Crippen LogP) is 3.31. The number of hydrogen-bond donors (Lipinski definition) is 1. The van der Waals surface area contributed by atoms with Crippen molar-refractivity contribution in [3.63, 3.8) is 0 Å². The topological polar surface area (TPSA) is 107 Å². The molecule has 0 fully saturated rings. The van der Waals surface area contributed by atoms with E-state index in [9.17, 15) is 14.9 Å². The smallest absolute Gasteiger partial charge is 0.270 e. The molecule has 8 nitrogen and oxygen atoms in total. The molecular formula is C18H14N4O4. The highest BCUT2D eigenvalue weighted by Gasteiger charge is 2.12. The van der Waals surface area contributed by atoms with E-state index in [1.807, 2.05) is 6.07 Å². The summed E-state index contributed by atoms with van der Waals surface area (Å²) in [7, 11) is 1.51. The van der Waals surface area contributed by atoms with Gasteiger partial charge in [-0.1, -0.05) is 18.2 Å². The maximum Gasteiger partial charge on any atom is 0.270 e. The Balaban J connectivity index is 1.81. The maximum absolute atomic E-state index is 12.3. The van der Waals surface area contributed by atoms with Crippen LogP contribution < -0.4 is 10.1 Å². The first-order valence-corrected chi connectivity index (χ1v) is 7.61. The van der Waals surface area contributed by atoms with Gasteiger partial charge in [0.15, 0.2) is 0 Å². The van der Waals surface area contributed by atoms with Gasteiger partial charge in [-0.2, -0.15) is 0 Å². The van der Waals surface area contributed by atoms with Gasteiger partial charge in [0, 0.05) is 35.0 Å². The van der Waals surface area contributed by atoms with Crippen molar-refractivity contribution in [1.82, 2.24) is 10.2 Å². The highest BCUT2D eigenvalue weighted by Crippen LogP contribution is 2.22. The van der Waals surface area contributed by atoms with E-state index in [1.165, 1.54) is 31.4 Å². The van der Waals surface area contributed by atoms with Crippen LogP contribution in [0.3, 0.4) is 0 Å². The van der Waals surface area contributed by atoms with E-state index in [4.69, 9.17) is 4.74 Å². The van der Waals surface area contributed by atoms with Crippen molar-refractivity contribution in [3.05, 3.63) is 76.3 Å². The molecule has 0 saturated carbocycles. The van der Waals surface area contributed by atoms with Gasteiger partial charge in [-0.25, -0.2) is 0 Å². The third-order valence-electron chi connectivity index (χ3n) is 3.58. The van der Waals surface area contributed by atoms with E-state index in [1.54, 1.807) is 30.3 Å². The predicted molar refractivity (Wildman–Crippen MR) is 95.1 cm³/mol. The van der Waals surface area contributed by atoms with Crippen LogP contribution in [0.25, 0.3) is 11.3 Å². The molecule has 0 radical (unpaired) electrons. The van der Waals surface area contributed by atoms with Gasteiger partial charge in [-0.15, -0.1) is 10.2 Å². The minimum atomic E-state index is -0.542. The van der Waals surface area contributed by atoms with Gasteiger partial charge in [0.1, 0.15) is 0 Å². The number of anilines is 1. The number of hydrogen-bond acceptors (Lipinski definition) is 6. The van der Waals surface area contributed by atoms with Crippen LogP contribution in [0.15, 0.2) is 60.7 Å². The molecule has 0 spiro atoms. The number of ether oxygens (including phenoxy) is 1. The normalized spacial score (nSPS) is 10.2. The zero-order valence-electron chi connectivity index (χ0n) is 13.7. The van der Waals surface area contributed by atoms with Crippen molar-refractivity contribution in [3.8, 4) is 17.1 Å². The van der Waals surface area contributed by atoms with Crippen LogP contribution in [0.5, 0.6) is 5.88 Å². The second kappa shape index (κ2) is 7.39. The van der Waals surface area contributed by atoms with Gasteiger partial charge >= 0.3 is 0 Å². The first kappa shape index (κ1) is 17.0. The summed E-state index contributed by atoms with van der Waals surface area (Å²) in [4.78, 5) is 22.6. The van der Waals surface area contributed by atoms with Gasteiger partial charge < -0.3 is 10.1 Å². The number of methoxy groups -OCH3 is 1. The molecule has 1 N–H and O–H groups in total. The summed E-state index contributed by atoms with van der Waals surface area (Å²) >= 11 is 0. The lowest BCUT2D eigenvalue weighted by Gasteiger charge is -2.07. The number of benzene rings is 2. The van der Waals surface area contributed by atoms with Crippen molar-refractivity contribution in [2.24, 2.45) is 0 Å². The summed E-state index contributed by atoms with van der Waals surface area (Å²) < 4.78 is 4.98. The van der Waals surface area contributed by atoms with E-state index < -0.39 is 10.8 Å². The molecular weight excluding hydrogens is 336 g/mol. The molecule has 1 aromatic heterocycles. The van der Waals surface area contributed by atoms with Crippen molar-refractivity contribution in [2.45, 2.75) is 0 Å². The molecule has 0 aliphatic carbocycles. The maximum atomic E-state index is 12.3. The number of amides is 1. The van der Waals surface area contributed by atoms with Crippen LogP contribution in [-0.2, 0) is 0 Å². The lowest BCUT2D eigenvalue weighted by atomic mass is 10.1. The molecule has 0 aliphatic heterocycles. The monoisotopic (exact) mass is 350 g/mol. The third-order valence-corrected chi connectivity index (χ3v) is 3.58. The molecule has 0 unspecified atom stereocenters. The fraction of sp³-hybridized carbons (Fsp3) is 0.0556. The first-order chi connectivity index (χ1) is 12.6. The van der Waals surface area contributed by atoms with Gasteiger partial charge in [0.25, 0.3) is 11.6 Å². The molecule has 1 amide bonds.